The molecule has 0 amide bonds. The number of aryl methyl sites for hydroxylation is 1. The Labute approximate surface area is 205 Å². The standard InChI is InChI=1S/C33H37F/c1-3-5-6-7-9-30-21-22-31-24-27(16-23-32(31)33(30)34)11-10-26-14-19-29(20-15-26)28-17-12-25(8-4-2)13-18-28/h4,14-16,19-25,28H,2-3,5-9,12-13,17-18H2,1H3. The molecule has 176 valence electrons. The number of halogens is 1. The van der Waals surface area contributed by atoms with E-state index in [9.17, 15) is 4.39 Å². The van der Waals surface area contributed by atoms with Gasteiger partial charge in [-0.2, -0.15) is 0 Å². The van der Waals surface area contributed by atoms with Gasteiger partial charge in [0, 0.05) is 16.5 Å². The highest BCUT2D eigenvalue weighted by molar-refractivity contribution is 5.85. The maximum atomic E-state index is 15.0. The third-order valence-corrected chi connectivity index (χ3v) is 7.41. The van der Waals surface area contributed by atoms with Crippen LogP contribution in [0.3, 0.4) is 0 Å². The van der Waals surface area contributed by atoms with E-state index >= 15 is 0 Å². The molecule has 0 aliphatic heterocycles. The zero-order chi connectivity index (χ0) is 23.8. The van der Waals surface area contributed by atoms with Gasteiger partial charge in [-0.25, -0.2) is 4.39 Å². The van der Waals surface area contributed by atoms with Crippen molar-refractivity contribution in [3.05, 3.63) is 95.3 Å². The summed E-state index contributed by atoms with van der Waals surface area (Å²) in [5, 5.41) is 1.62. The molecule has 34 heavy (non-hydrogen) atoms. The Morgan fingerprint density at radius 3 is 2.35 bits per heavy atom. The largest absolute Gasteiger partial charge is 0.206 e. The Morgan fingerprint density at radius 1 is 0.882 bits per heavy atom. The van der Waals surface area contributed by atoms with Crippen LogP contribution >= 0.6 is 0 Å². The summed E-state index contributed by atoms with van der Waals surface area (Å²) in [6.07, 6.45) is 13.8. The van der Waals surface area contributed by atoms with Crippen LogP contribution in [0.2, 0.25) is 0 Å². The number of allylic oxidation sites excluding steroid dienone is 1. The van der Waals surface area contributed by atoms with Gasteiger partial charge in [0.1, 0.15) is 5.82 Å². The number of hydrogen-bond acceptors (Lipinski definition) is 0. The summed E-state index contributed by atoms with van der Waals surface area (Å²) < 4.78 is 15.0. The van der Waals surface area contributed by atoms with Crippen molar-refractivity contribution in [3.8, 4) is 11.8 Å². The molecule has 3 aromatic carbocycles. The summed E-state index contributed by atoms with van der Waals surface area (Å²) in [5.41, 5.74) is 4.22. The van der Waals surface area contributed by atoms with Crippen molar-refractivity contribution in [1.29, 1.82) is 0 Å². The minimum absolute atomic E-state index is 0.0670. The molecule has 4 rings (SSSR count). The molecule has 3 aromatic rings. The molecule has 1 saturated carbocycles. The number of unbranched alkanes of at least 4 members (excludes halogenated alkanes) is 3. The summed E-state index contributed by atoms with van der Waals surface area (Å²) in [4.78, 5) is 0. The first-order chi connectivity index (χ1) is 16.7. The Kier molecular flexibility index (Phi) is 8.59. The van der Waals surface area contributed by atoms with E-state index in [2.05, 4.69) is 55.7 Å². The highest BCUT2D eigenvalue weighted by Gasteiger charge is 2.21. The van der Waals surface area contributed by atoms with Gasteiger partial charge in [0.05, 0.1) is 0 Å². The fourth-order valence-corrected chi connectivity index (χ4v) is 5.30. The lowest BCUT2D eigenvalue weighted by atomic mass is 9.77. The lowest BCUT2D eigenvalue weighted by molar-refractivity contribution is 0.328. The van der Waals surface area contributed by atoms with Crippen LogP contribution in [0.25, 0.3) is 10.8 Å². The first-order valence-electron chi connectivity index (χ1n) is 13.1. The normalized spacial score (nSPS) is 17.8. The van der Waals surface area contributed by atoms with Crippen LogP contribution in [-0.4, -0.2) is 0 Å². The summed E-state index contributed by atoms with van der Waals surface area (Å²) >= 11 is 0. The van der Waals surface area contributed by atoms with Gasteiger partial charge in [0.2, 0.25) is 0 Å². The van der Waals surface area contributed by atoms with Crippen LogP contribution in [-0.2, 0) is 6.42 Å². The Morgan fingerprint density at radius 2 is 1.62 bits per heavy atom. The van der Waals surface area contributed by atoms with Crippen molar-refractivity contribution in [2.75, 3.05) is 0 Å². The highest BCUT2D eigenvalue weighted by atomic mass is 19.1. The van der Waals surface area contributed by atoms with Gasteiger partial charge in [-0.15, -0.1) is 6.58 Å². The SMILES string of the molecule is C=CCC1CCC(c2ccc(C#Cc3ccc4c(F)c(CCCCCC)ccc4c3)cc2)CC1. The van der Waals surface area contributed by atoms with Crippen molar-refractivity contribution < 1.29 is 4.39 Å². The molecule has 0 nitrogen and oxygen atoms in total. The smallest absolute Gasteiger partial charge is 0.134 e. The Hall–Kier alpha value is -2.85. The molecule has 0 heterocycles. The predicted octanol–water partition coefficient (Wildman–Crippen LogP) is 9.35. The molecule has 1 heteroatoms. The zero-order valence-corrected chi connectivity index (χ0v) is 20.6. The minimum atomic E-state index is -0.0670. The second-order valence-corrected chi connectivity index (χ2v) is 9.90. The number of hydrogen-bond donors (Lipinski definition) is 0. The van der Waals surface area contributed by atoms with Gasteiger partial charge in [-0.3, -0.25) is 0 Å². The third-order valence-electron chi connectivity index (χ3n) is 7.41. The van der Waals surface area contributed by atoms with Crippen molar-refractivity contribution in [1.82, 2.24) is 0 Å². The van der Waals surface area contributed by atoms with Gasteiger partial charge >= 0.3 is 0 Å². The lowest BCUT2D eigenvalue weighted by Gasteiger charge is -2.28. The second kappa shape index (κ2) is 12.0. The van der Waals surface area contributed by atoms with E-state index in [1.165, 1.54) is 50.5 Å². The average Bonchev–Trinajstić information content (AvgIpc) is 2.87. The summed E-state index contributed by atoms with van der Waals surface area (Å²) in [6.45, 7) is 6.09. The number of rotatable bonds is 8. The molecule has 0 bridgehead atoms. The maximum absolute atomic E-state index is 15.0. The van der Waals surface area contributed by atoms with Gasteiger partial charge in [-0.1, -0.05) is 74.4 Å². The Balaban J connectivity index is 1.40. The molecule has 0 atom stereocenters. The first-order valence-corrected chi connectivity index (χ1v) is 13.1. The molecule has 1 aliphatic rings. The van der Waals surface area contributed by atoms with Gasteiger partial charge in [-0.05, 0) is 97.6 Å². The molecular weight excluding hydrogens is 415 g/mol. The monoisotopic (exact) mass is 452 g/mol. The molecule has 0 aromatic heterocycles. The second-order valence-electron chi connectivity index (χ2n) is 9.90. The van der Waals surface area contributed by atoms with E-state index in [1.54, 1.807) is 0 Å². The quantitative estimate of drug-likeness (QED) is 0.181. The molecule has 0 unspecified atom stereocenters. The highest BCUT2D eigenvalue weighted by Crippen LogP contribution is 2.37. The van der Waals surface area contributed by atoms with Gasteiger partial charge in [0.25, 0.3) is 0 Å². The number of benzene rings is 3. The lowest BCUT2D eigenvalue weighted by Crippen LogP contribution is -2.12. The fourth-order valence-electron chi connectivity index (χ4n) is 5.30. The average molecular weight is 453 g/mol. The first kappa shape index (κ1) is 24.3. The zero-order valence-electron chi connectivity index (χ0n) is 20.6. The van der Waals surface area contributed by atoms with Crippen molar-refractivity contribution in [3.63, 3.8) is 0 Å². The third kappa shape index (κ3) is 6.18. The van der Waals surface area contributed by atoms with E-state index in [1.807, 2.05) is 30.3 Å². The van der Waals surface area contributed by atoms with E-state index in [0.717, 1.165) is 47.3 Å². The van der Waals surface area contributed by atoms with Crippen LogP contribution in [0.1, 0.15) is 92.9 Å². The summed E-state index contributed by atoms with van der Waals surface area (Å²) in [5.74, 6) is 8.00. The van der Waals surface area contributed by atoms with E-state index in [-0.39, 0.29) is 5.82 Å². The molecule has 0 radical (unpaired) electrons. The topological polar surface area (TPSA) is 0 Å². The van der Waals surface area contributed by atoms with E-state index in [4.69, 9.17) is 0 Å². The van der Waals surface area contributed by atoms with Crippen LogP contribution < -0.4 is 0 Å². The van der Waals surface area contributed by atoms with Crippen LogP contribution in [0.5, 0.6) is 0 Å². The van der Waals surface area contributed by atoms with Crippen LogP contribution in [0, 0.1) is 23.6 Å². The summed E-state index contributed by atoms with van der Waals surface area (Å²) in [7, 11) is 0. The van der Waals surface area contributed by atoms with Gasteiger partial charge in [0.15, 0.2) is 0 Å². The van der Waals surface area contributed by atoms with E-state index in [0.29, 0.717) is 11.3 Å². The predicted molar refractivity (Wildman–Crippen MR) is 144 cm³/mol. The van der Waals surface area contributed by atoms with Crippen molar-refractivity contribution in [2.24, 2.45) is 5.92 Å². The Bertz CT molecular complexity index is 1150. The molecule has 1 aliphatic carbocycles. The van der Waals surface area contributed by atoms with Gasteiger partial charge < -0.3 is 0 Å². The fraction of sp³-hybridized carbons (Fsp3) is 0.394. The maximum Gasteiger partial charge on any atom is 0.134 e. The minimum Gasteiger partial charge on any atom is -0.206 e. The molecule has 0 N–H and O–H groups in total. The number of fused-ring (bicyclic) bond motifs is 1. The van der Waals surface area contributed by atoms with Crippen molar-refractivity contribution >= 4 is 10.8 Å². The molecule has 1 fully saturated rings. The molecule has 0 spiro atoms. The summed E-state index contributed by atoms with van der Waals surface area (Å²) in [6, 6.07) is 18.6. The van der Waals surface area contributed by atoms with Crippen LogP contribution in [0.4, 0.5) is 4.39 Å². The molecule has 0 saturated heterocycles. The van der Waals surface area contributed by atoms with Crippen molar-refractivity contribution in [2.45, 2.75) is 77.0 Å². The molecular formula is C33H37F. The van der Waals surface area contributed by atoms with E-state index < -0.39 is 0 Å². The van der Waals surface area contributed by atoms with Crippen LogP contribution in [0.15, 0.2) is 67.3 Å².